The van der Waals surface area contributed by atoms with Gasteiger partial charge in [0.2, 0.25) is 11.2 Å². The lowest BCUT2D eigenvalue weighted by Crippen LogP contribution is -2.29. The molecule has 0 bridgehead atoms. The Balaban J connectivity index is 2.18. The molecule has 0 aliphatic carbocycles. The summed E-state index contributed by atoms with van der Waals surface area (Å²) in [5.74, 6) is -0.0662. The monoisotopic (exact) mass is 297 g/mol. The van der Waals surface area contributed by atoms with Gasteiger partial charge in [-0.25, -0.2) is 9.78 Å². The van der Waals surface area contributed by atoms with Crippen LogP contribution < -0.4 is 5.32 Å². The number of carbonyl (C=O) groups excluding carboxylic acids is 1. The zero-order valence-corrected chi connectivity index (χ0v) is 11.6. The molecule has 9 nitrogen and oxygen atoms in total. The van der Waals surface area contributed by atoms with Gasteiger partial charge in [0.1, 0.15) is 18.7 Å². The Labute approximate surface area is 119 Å². The van der Waals surface area contributed by atoms with Crippen molar-refractivity contribution in [2.75, 3.05) is 11.9 Å². The van der Waals surface area contributed by atoms with Crippen LogP contribution in [0, 0.1) is 0 Å². The first-order chi connectivity index (χ1) is 9.60. The van der Waals surface area contributed by atoms with Crippen LogP contribution in [0.5, 0.6) is 0 Å². The molecule has 0 aliphatic rings. The van der Waals surface area contributed by atoms with Crippen molar-refractivity contribution in [1.82, 2.24) is 29.7 Å². The summed E-state index contributed by atoms with van der Waals surface area (Å²) >= 11 is 5.81. The molecule has 0 saturated heterocycles. The molecule has 1 atom stereocenters. The van der Waals surface area contributed by atoms with Gasteiger partial charge in [-0.05, 0) is 25.4 Å². The third-order valence-electron chi connectivity index (χ3n) is 2.21. The quantitative estimate of drug-likeness (QED) is 0.793. The fraction of sp³-hybridized carbons (Fsp3) is 0.400. The molecule has 2 aromatic rings. The number of nitrogens with zero attached hydrogens (tertiary/aromatic N) is 6. The molecule has 0 spiro atoms. The van der Waals surface area contributed by atoms with E-state index in [2.05, 4.69) is 30.4 Å². The number of aromatic nitrogens is 6. The molecule has 0 aromatic carbocycles. The van der Waals surface area contributed by atoms with E-state index in [0.717, 1.165) is 0 Å². The summed E-state index contributed by atoms with van der Waals surface area (Å²) < 4.78 is 6.20. The molecule has 0 aliphatic heterocycles. The largest absolute Gasteiger partial charge is 0.464 e. The lowest BCUT2D eigenvalue weighted by atomic mass is 10.3. The van der Waals surface area contributed by atoms with Crippen molar-refractivity contribution in [3.8, 4) is 5.95 Å². The fourth-order valence-electron chi connectivity index (χ4n) is 1.34. The zero-order valence-electron chi connectivity index (χ0n) is 10.8. The SMILES string of the molecule is CCOC(=O)C(C)Nc1nc(Cl)nc(-n2cncn2)n1. The Bertz CT molecular complexity index is 589. The summed E-state index contributed by atoms with van der Waals surface area (Å²) in [5, 5.41) is 6.65. The van der Waals surface area contributed by atoms with Crippen LogP contribution in [0.2, 0.25) is 5.28 Å². The summed E-state index contributed by atoms with van der Waals surface area (Å²) in [7, 11) is 0. The first-order valence-electron chi connectivity index (χ1n) is 5.80. The van der Waals surface area contributed by atoms with Gasteiger partial charge < -0.3 is 10.1 Å². The number of anilines is 1. The molecule has 0 fully saturated rings. The number of esters is 1. The molecular weight excluding hydrogens is 286 g/mol. The van der Waals surface area contributed by atoms with Crippen LogP contribution in [0.3, 0.4) is 0 Å². The standard InChI is InChI=1S/C10H12ClN7O2/c1-3-20-7(19)6(2)14-9-15-8(11)16-10(17-9)18-5-12-4-13-18/h4-6H,3H2,1-2H3,(H,14,15,16,17). The van der Waals surface area contributed by atoms with Crippen LogP contribution >= 0.6 is 11.6 Å². The molecule has 0 saturated carbocycles. The minimum atomic E-state index is -0.614. The van der Waals surface area contributed by atoms with Crippen molar-refractivity contribution in [2.24, 2.45) is 0 Å². The highest BCUT2D eigenvalue weighted by molar-refractivity contribution is 6.28. The summed E-state index contributed by atoms with van der Waals surface area (Å²) in [5.41, 5.74) is 0. The van der Waals surface area contributed by atoms with Crippen LogP contribution in [0.1, 0.15) is 13.8 Å². The van der Waals surface area contributed by atoms with Crippen molar-refractivity contribution in [2.45, 2.75) is 19.9 Å². The van der Waals surface area contributed by atoms with E-state index in [1.807, 2.05) is 0 Å². The predicted octanol–water partition coefficient (Wildman–Crippen LogP) is 0.469. The van der Waals surface area contributed by atoms with Gasteiger partial charge in [-0.1, -0.05) is 0 Å². The van der Waals surface area contributed by atoms with E-state index in [4.69, 9.17) is 16.3 Å². The molecule has 10 heteroatoms. The van der Waals surface area contributed by atoms with E-state index in [1.165, 1.54) is 17.3 Å². The maximum Gasteiger partial charge on any atom is 0.328 e. The zero-order chi connectivity index (χ0) is 14.5. The van der Waals surface area contributed by atoms with E-state index in [0.29, 0.717) is 6.61 Å². The van der Waals surface area contributed by atoms with Crippen LogP contribution in [-0.2, 0) is 9.53 Å². The molecule has 2 rings (SSSR count). The highest BCUT2D eigenvalue weighted by atomic mass is 35.5. The number of carbonyl (C=O) groups is 1. The highest BCUT2D eigenvalue weighted by Crippen LogP contribution is 2.09. The van der Waals surface area contributed by atoms with Gasteiger partial charge in [-0.2, -0.15) is 24.7 Å². The molecule has 1 N–H and O–H groups in total. The third kappa shape index (κ3) is 3.38. The van der Waals surface area contributed by atoms with Gasteiger partial charge in [0.05, 0.1) is 6.61 Å². The Morgan fingerprint density at radius 1 is 1.50 bits per heavy atom. The number of hydrogen-bond acceptors (Lipinski definition) is 8. The van der Waals surface area contributed by atoms with Crippen molar-refractivity contribution >= 4 is 23.5 Å². The van der Waals surface area contributed by atoms with E-state index in [9.17, 15) is 4.79 Å². The Kier molecular flexibility index (Phi) is 4.41. The summed E-state index contributed by atoms with van der Waals surface area (Å²) in [6.45, 7) is 3.66. The lowest BCUT2D eigenvalue weighted by molar-refractivity contribution is -0.143. The summed E-state index contributed by atoms with van der Waals surface area (Å²) in [6, 6.07) is -0.614. The van der Waals surface area contributed by atoms with Gasteiger partial charge in [0.15, 0.2) is 0 Å². The molecule has 0 amide bonds. The van der Waals surface area contributed by atoms with Gasteiger partial charge in [0.25, 0.3) is 5.95 Å². The smallest absolute Gasteiger partial charge is 0.328 e. The molecule has 0 radical (unpaired) electrons. The number of hydrogen-bond donors (Lipinski definition) is 1. The lowest BCUT2D eigenvalue weighted by Gasteiger charge is -2.12. The van der Waals surface area contributed by atoms with Crippen LogP contribution in [0.25, 0.3) is 5.95 Å². The summed E-state index contributed by atoms with van der Waals surface area (Å²) in [6.07, 6.45) is 2.76. The van der Waals surface area contributed by atoms with Crippen molar-refractivity contribution < 1.29 is 9.53 Å². The highest BCUT2D eigenvalue weighted by Gasteiger charge is 2.16. The average molecular weight is 298 g/mol. The molecule has 1 unspecified atom stereocenters. The summed E-state index contributed by atoms with van der Waals surface area (Å²) in [4.78, 5) is 27.2. The minimum absolute atomic E-state index is 0.0240. The second-order valence-corrected chi connectivity index (χ2v) is 4.02. The second kappa shape index (κ2) is 6.24. The minimum Gasteiger partial charge on any atom is -0.464 e. The maximum absolute atomic E-state index is 11.5. The van der Waals surface area contributed by atoms with Gasteiger partial charge in [-0.3, -0.25) is 0 Å². The van der Waals surface area contributed by atoms with Crippen molar-refractivity contribution in [3.05, 3.63) is 17.9 Å². The van der Waals surface area contributed by atoms with Crippen molar-refractivity contribution in [3.63, 3.8) is 0 Å². The molecule has 20 heavy (non-hydrogen) atoms. The number of halogens is 1. The maximum atomic E-state index is 11.5. The van der Waals surface area contributed by atoms with Crippen molar-refractivity contribution in [1.29, 1.82) is 0 Å². The number of ether oxygens (including phenoxy) is 1. The van der Waals surface area contributed by atoms with E-state index in [1.54, 1.807) is 13.8 Å². The fourth-order valence-corrected chi connectivity index (χ4v) is 1.49. The van der Waals surface area contributed by atoms with E-state index >= 15 is 0 Å². The first-order valence-corrected chi connectivity index (χ1v) is 6.17. The van der Waals surface area contributed by atoms with Gasteiger partial charge in [-0.15, -0.1) is 0 Å². The van der Waals surface area contributed by atoms with Gasteiger partial charge >= 0.3 is 5.97 Å². The molecule has 106 valence electrons. The van der Waals surface area contributed by atoms with Crippen LogP contribution in [-0.4, -0.2) is 48.3 Å². The van der Waals surface area contributed by atoms with E-state index in [-0.39, 0.29) is 17.2 Å². The van der Waals surface area contributed by atoms with E-state index < -0.39 is 12.0 Å². The first kappa shape index (κ1) is 14.1. The normalized spacial score (nSPS) is 11.9. The number of nitrogens with one attached hydrogen (secondary N) is 1. The predicted molar refractivity (Wildman–Crippen MR) is 69.5 cm³/mol. The third-order valence-corrected chi connectivity index (χ3v) is 2.37. The number of rotatable bonds is 5. The molecule has 2 heterocycles. The Morgan fingerprint density at radius 2 is 2.30 bits per heavy atom. The average Bonchev–Trinajstić information content (AvgIpc) is 2.92. The van der Waals surface area contributed by atoms with Crippen LogP contribution in [0.4, 0.5) is 5.95 Å². The Morgan fingerprint density at radius 3 is 2.95 bits per heavy atom. The molecular formula is C10H12ClN7O2. The van der Waals surface area contributed by atoms with Crippen LogP contribution in [0.15, 0.2) is 12.7 Å². The Hall–Kier alpha value is -2.29. The molecule has 2 aromatic heterocycles. The second-order valence-electron chi connectivity index (χ2n) is 3.69. The van der Waals surface area contributed by atoms with Gasteiger partial charge in [0, 0.05) is 0 Å². The topological polar surface area (TPSA) is 108 Å².